The van der Waals surface area contributed by atoms with Crippen LogP contribution in [0.1, 0.15) is 18.2 Å². The summed E-state index contributed by atoms with van der Waals surface area (Å²) in [4.78, 5) is 9.18. The second-order valence-corrected chi connectivity index (χ2v) is 4.75. The molecule has 0 spiro atoms. The Kier molecular flexibility index (Phi) is 3.79. The monoisotopic (exact) mass is 231 g/mol. The molecule has 2 rings (SSSR count). The molecule has 1 aliphatic heterocycles. The first-order valence-electron chi connectivity index (χ1n) is 6.20. The van der Waals surface area contributed by atoms with Crippen LogP contribution in [0.5, 0.6) is 0 Å². The fourth-order valence-corrected chi connectivity index (χ4v) is 2.21. The maximum Gasteiger partial charge on any atom is 0.0417 e. The van der Waals surface area contributed by atoms with E-state index < -0.39 is 0 Å². The minimum absolute atomic E-state index is 1.02. The largest absolute Gasteiger partial charge is 0.373 e. The van der Waals surface area contributed by atoms with Crippen LogP contribution in [-0.2, 0) is 6.54 Å². The van der Waals surface area contributed by atoms with Crippen LogP contribution in [0.15, 0.2) is 30.6 Å². The molecular weight excluding hydrogens is 210 g/mol. The van der Waals surface area contributed by atoms with E-state index in [4.69, 9.17) is 0 Å². The van der Waals surface area contributed by atoms with Gasteiger partial charge in [0.25, 0.3) is 0 Å². The Morgan fingerprint density at radius 1 is 1.35 bits per heavy atom. The van der Waals surface area contributed by atoms with Crippen LogP contribution >= 0.6 is 0 Å². The summed E-state index contributed by atoms with van der Waals surface area (Å²) >= 11 is 0. The minimum atomic E-state index is 1.02. The van der Waals surface area contributed by atoms with E-state index in [1.54, 1.807) is 0 Å². The average Bonchev–Trinajstić information content (AvgIpc) is 2.33. The molecule has 0 aromatic carbocycles. The lowest BCUT2D eigenvalue weighted by Gasteiger charge is -2.36. The van der Waals surface area contributed by atoms with E-state index in [1.807, 2.05) is 12.3 Å². The van der Waals surface area contributed by atoms with Gasteiger partial charge in [0.15, 0.2) is 0 Å². The molecule has 3 heteroatoms. The fourth-order valence-electron chi connectivity index (χ4n) is 2.21. The van der Waals surface area contributed by atoms with Gasteiger partial charge >= 0.3 is 0 Å². The van der Waals surface area contributed by atoms with Gasteiger partial charge in [0.1, 0.15) is 0 Å². The van der Waals surface area contributed by atoms with E-state index in [0.717, 1.165) is 38.4 Å². The van der Waals surface area contributed by atoms with E-state index in [0.29, 0.717) is 0 Å². The zero-order chi connectivity index (χ0) is 12.3. The van der Waals surface area contributed by atoms with Gasteiger partial charge in [0, 0.05) is 50.3 Å². The van der Waals surface area contributed by atoms with Gasteiger partial charge in [-0.15, -0.1) is 0 Å². The molecule has 0 saturated carbocycles. The van der Waals surface area contributed by atoms with Crippen molar-refractivity contribution in [3.63, 3.8) is 0 Å². The van der Waals surface area contributed by atoms with E-state index in [1.165, 1.54) is 11.3 Å². The van der Waals surface area contributed by atoms with Gasteiger partial charge in [0.05, 0.1) is 0 Å². The molecule has 1 aromatic rings. The van der Waals surface area contributed by atoms with Crippen LogP contribution < -0.4 is 0 Å². The highest BCUT2D eigenvalue weighted by Crippen LogP contribution is 2.12. The quantitative estimate of drug-likeness (QED) is 0.793. The highest BCUT2D eigenvalue weighted by Gasteiger charge is 2.16. The summed E-state index contributed by atoms with van der Waals surface area (Å²) in [5, 5.41) is 0. The number of aryl methyl sites for hydroxylation is 1. The minimum Gasteiger partial charge on any atom is -0.373 e. The molecule has 3 nitrogen and oxygen atoms in total. The van der Waals surface area contributed by atoms with E-state index in [2.05, 4.69) is 41.3 Å². The Labute approximate surface area is 104 Å². The molecule has 1 fully saturated rings. The normalized spacial score (nSPS) is 17.2. The van der Waals surface area contributed by atoms with Crippen molar-refractivity contribution in [1.82, 2.24) is 14.8 Å². The summed E-state index contributed by atoms with van der Waals surface area (Å²) in [6.07, 6.45) is 1.86. The van der Waals surface area contributed by atoms with Crippen molar-refractivity contribution in [3.8, 4) is 0 Å². The zero-order valence-electron chi connectivity index (χ0n) is 10.8. The van der Waals surface area contributed by atoms with Crippen LogP contribution in [0.2, 0.25) is 0 Å². The number of aromatic nitrogens is 1. The van der Waals surface area contributed by atoms with Crippen LogP contribution in [0.3, 0.4) is 0 Å². The number of piperazine rings is 1. The van der Waals surface area contributed by atoms with Gasteiger partial charge in [0.2, 0.25) is 0 Å². The highest BCUT2D eigenvalue weighted by molar-refractivity contribution is 5.18. The Morgan fingerprint density at radius 3 is 2.65 bits per heavy atom. The second kappa shape index (κ2) is 5.32. The molecule has 0 atom stereocenters. The summed E-state index contributed by atoms with van der Waals surface area (Å²) in [6, 6.07) is 4.19. The number of pyridine rings is 1. The predicted octanol–water partition coefficient (Wildman–Crippen LogP) is 2.04. The first-order valence-corrected chi connectivity index (χ1v) is 6.20. The van der Waals surface area contributed by atoms with Crippen molar-refractivity contribution in [2.75, 3.05) is 26.2 Å². The summed E-state index contributed by atoms with van der Waals surface area (Å²) in [5.74, 6) is 0. The molecule has 2 heterocycles. The molecule has 17 heavy (non-hydrogen) atoms. The van der Waals surface area contributed by atoms with Crippen molar-refractivity contribution in [2.24, 2.45) is 0 Å². The molecule has 1 aliphatic rings. The van der Waals surface area contributed by atoms with E-state index in [-0.39, 0.29) is 0 Å². The second-order valence-electron chi connectivity index (χ2n) is 4.75. The van der Waals surface area contributed by atoms with Gasteiger partial charge in [-0.05, 0) is 25.5 Å². The zero-order valence-corrected chi connectivity index (χ0v) is 10.8. The Hall–Kier alpha value is -1.35. The Morgan fingerprint density at radius 2 is 2.06 bits per heavy atom. The van der Waals surface area contributed by atoms with Crippen LogP contribution in [-0.4, -0.2) is 41.0 Å². The van der Waals surface area contributed by atoms with Crippen molar-refractivity contribution < 1.29 is 0 Å². The predicted molar refractivity (Wildman–Crippen MR) is 70.6 cm³/mol. The maximum atomic E-state index is 4.34. The summed E-state index contributed by atoms with van der Waals surface area (Å²) in [7, 11) is 0. The van der Waals surface area contributed by atoms with Gasteiger partial charge in [-0.1, -0.05) is 12.6 Å². The SMILES string of the molecule is C=C(C)N1CCN(Cc2cccnc2C)CC1. The summed E-state index contributed by atoms with van der Waals surface area (Å²) < 4.78 is 0. The average molecular weight is 231 g/mol. The molecular formula is C14H21N3. The topological polar surface area (TPSA) is 19.4 Å². The first kappa shape index (κ1) is 12.1. The van der Waals surface area contributed by atoms with Gasteiger partial charge in [-0.3, -0.25) is 9.88 Å². The lowest BCUT2D eigenvalue weighted by atomic mass is 10.2. The first-order chi connectivity index (χ1) is 8.16. The molecule has 0 aliphatic carbocycles. The van der Waals surface area contributed by atoms with Gasteiger partial charge in [-0.2, -0.15) is 0 Å². The molecule has 0 radical (unpaired) electrons. The molecule has 0 unspecified atom stereocenters. The lowest BCUT2D eigenvalue weighted by Crippen LogP contribution is -2.44. The molecule has 92 valence electrons. The van der Waals surface area contributed by atoms with Crippen LogP contribution in [0.4, 0.5) is 0 Å². The summed E-state index contributed by atoms with van der Waals surface area (Å²) in [6.45, 7) is 13.6. The fraction of sp³-hybridized carbons (Fsp3) is 0.500. The number of hydrogen-bond donors (Lipinski definition) is 0. The van der Waals surface area contributed by atoms with Crippen LogP contribution in [0, 0.1) is 6.92 Å². The molecule has 0 amide bonds. The highest BCUT2D eigenvalue weighted by atomic mass is 15.3. The molecule has 1 aromatic heterocycles. The Bertz CT molecular complexity index is 392. The lowest BCUT2D eigenvalue weighted by molar-refractivity contribution is 0.153. The van der Waals surface area contributed by atoms with E-state index >= 15 is 0 Å². The van der Waals surface area contributed by atoms with Gasteiger partial charge in [-0.25, -0.2) is 0 Å². The van der Waals surface area contributed by atoms with Crippen molar-refractivity contribution in [3.05, 3.63) is 41.9 Å². The Balaban J connectivity index is 1.90. The maximum absolute atomic E-state index is 4.34. The third kappa shape index (κ3) is 3.07. The standard InChI is InChI=1S/C14H21N3/c1-12(2)17-9-7-16(8-10-17)11-14-5-4-6-15-13(14)3/h4-6H,1,7-11H2,2-3H3. The molecule has 0 N–H and O–H groups in total. The van der Waals surface area contributed by atoms with Crippen molar-refractivity contribution >= 4 is 0 Å². The third-order valence-corrected chi connectivity index (χ3v) is 3.42. The van der Waals surface area contributed by atoms with Crippen molar-refractivity contribution in [2.45, 2.75) is 20.4 Å². The van der Waals surface area contributed by atoms with Crippen LogP contribution in [0.25, 0.3) is 0 Å². The smallest absolute Gasteiger partial charge is 0.0417 e. The third-order valence-electron chi connectivity index (χ3n) is 3.42. The number of hydrogen-bond acceptors (Lipinski definition) is 3. The van der Waals surface area contributed by atoms with Crippen molar-refractivity contribution in [1.29, 1.82) is 0 Å². The number of allylic oxidation sites excluding steroid dienone is 1. The van der Waals surface area contributed by atoms with Gasteiger partial charge < -0.3 is 4.90 Å². The number of nitrogens with zero attached hydrogens (tertiary/aromatic N) is 3. The number of rotatable bonds is 3. The summed E-state index contributed by atoms with van der Waals surface area (Å²) in [5.41, 5.74) is 3.67. The van der Waals surface area contributed by atoms with E-state index in [9.17, 15) is 0 Å². The molecule has 1 saturated heterocycles. The molecule has 0 bridgehead atoms.